The standard InChI is InChI=1S/C16H21N3O/c1-12-5-6-15(13(2)9-12)20-8-7-14-10-16(19(3)4)18-11-17-14/h5-6,9-11H,7-8H2,1-4H3. The molecule has 1 aromatic carbocycles. The summed E-state index contributed by atoms with van der Waals surface area (Å²) in [5, 5.41) is 0. The molecule has 0 aliphatic heterocycles. The number of rotatable bonds is 5. The van der Waals surface area contributed by atoms with Gasteiger partial charge in [0.15, 0.2) is 0 Å². The molecule has 0 saturated heterocycles. The van der Waals surface area contributed by atoms with E-state index >= 15 is 0 Å². The highest BCUT2D eigenvalue weighted by Crippen LogP contribution is 2.19. The van der Waals surface area contributed by atoms with Crippen molar-refractivity contribution in [1.82, 2.24) is 9.97 Å². The van der Waals surface area contributed by atoms with Gasteiger partial charge < -0.3 is 9.64 Å². The average Bonchev–Trinajstić information content (AvgIpc) is 2.41. The van der Waals surface area contributed by atoms with E-state index in [0.29, 0.717) is 6.61 Å². The van der Waals surface area contributed by atoms with Gasteiger partial charge in [-0.15, -0.1) is 0 Å². The fourth-order valence-electron chi connectivity index (χ4n) is 1.99. The molecule has 0 aliphatic carbocycles. The third-order valence-electron chi connectivity index (χ3n) is 3.11. The van der Waals surface area contributed by atoms with Crippen LogP contribution in [0.5, 0.6) is 5.75 Å². The maximum atomic E-state index is 5.82. The predicted octanol–water partition coefficient (Wildman–Crippen LogP) is 2.78. The first kappa shape index (κ1) is 14.3. The molecule has 0 N–H and O–H groups in total. The summed E-state index contributed by atoms with van der Waals surface area (Å²) in [5.74, 6) is 1.86. The van der Waals surface area contributed by atoms with Gasteiger partial charge in [-0.05, 0) is 25.5 Å². The quantitative estimate of drug-likeness (QED) is 0.838. The lowest BCUT2D eigenvalue weighted by Gasteiger charge is -2.12. The number of hydrogen-bond donors (Lipinski definition) is 0. The zero-order chi connectivity index (χ0) is 14.5. The van der Waals surface area contributed by atoms with Crippen LogP contribution in [-0.2, 0) is 6.42 Å². The zero-order valence-electron chi connectivity index (χ0n) is 12.6. The summed E-state index contributed by atoms with van der Waals surface area (Å²) >= 11 is 0. The minimum Gasteiger partial charge on any atom is -0.493 e. The Hall–Kier alpha value is -2.10. The van der Waals surface area contributed by atoms with Crippen molar-refractivity contribution in [2.24, 2.45) is 0 Å². The molecular weight excluding hydrogens is 250 g/mol. The lowest BCUT2D eigenvalue weighted by molar-refractivity contribution is 0.318. The van der Waals surface area contributed by atoms with E-state index in [9.17, 15) is 0 Å². The van der Waals surface area contributed by atoms with Crippen LogP contribution in [0.1, 0.15) is 16.8 Å². The Bertz CT molecular complexity index is 582. The summed E-state index contributed by atoms with van der Waals surface area (Å²) in [5.41, 5.74) is 3.41. The number of benzene rings is 1. The summed E-state index contributed by atoms with van der Waals surface area (Å²) in [7, 11) is 3.94. The van der Waals surface area contributed by atoms with Crippen LogP contribution < -0.4 is 9.64 Å². The molecule has 0 unspecified atom stereocenters. The summed E-state index contributed by atoms with van der Waals surface area (Å²) in [6.45, 7) is 4.77. The highest BCUT2D eigenvalue weighted by Gasteiger charge is 2.03. The highest BCUT2D eigenvalue weighted by atomic mass is 16.5. The first-order valence-corrected chi connectivity index (χ1v) is 6.74. The summed E-state index contributed by atoms with van der Waals surface area (Å²) in [6, 6.07) is 8.21. The van der Waals surface area contributed by atoms with Crippen molar-refractivity contribution in [3.05, 3.63) is 47.4 Å². The van der Waals surface area contributed by atoms with Gasteiger partial charge >= 0.3 is 0 Å². The molecule has 1 aromatic heterocycles. The Morgan fingerprint density at radius 1 is 1.10 bits per heavy atom. The van der Waals surface area contributed by atoms with Crippen LogP contribution in [0, 0.1) is 13.8 Å². The molecule has 20 heavy (non-hydrogen) atoms. The fourth-order valence-corrected chi connectivity index (χ4v) is 1.99. The van der Waals surface area contributed by atoms with E-state index in [-0.39, 0.29) is 0 Å². The molecule has 1 heterocycles. The van der Waals surface area contributed by atoms with E-state index in [1.165, 1.54) is 11.1 Å². The third-order valence-corrected chi connectivity index (χ3v) is 3.11. The molecule has 0 radical (unpaired) electrons. The average molecular weight is 271 g/mol. The van der Waals surface area contributed by atoms with Crippen LogP contribution in [0.4, 0.5) is 5.82 Å². The van der Waals surface area contributed by atoms with Gasteiger partial charge in [0.2, 0.25) is 0 Å². The Labute approximate surface area is 120 Å². The monoisotopic (exact) mass is 271 g/mol. The number of nitrogens with zero attached hydrogens (tertiary/aromatic N) is 3. The van der Waals surface area contributed by atoms with Gasteiger partial charge in [-0.3, -0.25) is 0 Å². The summed E-state index contributed by atoms with van der Waals surface area (Å²) in [6.07, 6.45) is 2.37. The molecule has 4 heteroatoms. The van der Waals surface area contributed by atoms with Crippen molar-refractivity contribution >= 4 is 5.82 Å². The SMILES string of the molecule is Cc1ccc(OCCc2cc(N(C)C)ncn2)c(C)c1. The van der Waals surface area contributed by atoms with Crippen LogP contribution in [0.15, 0.2) is 30.6 Å². The van der Waals surface area contributed by atoms with E-state index in [0.717, 1.165) is 23.7 Å². The van der Waals surface area contributed by atoms with Crippen LogP contribution >= 0.6 is 0 Å². The molecule has 106 valence electrons. The zero-order valence-corrected chi connectivity index (χ0v) is 12.6. The molecule has 2 aromatic rings. The van der Waals surface area contributed by atoms with Crippen LogP contribution in [-0.4, -0.2) is 30.7 Å². The van der Waals surface area contributed by atoms with Gasteiger partial charge in [0.25, 0.3) is 0 Å². The number of aryl methyl sites for hydroxylation is 2. The van der Waals surface area contributed by atoms with E-state index < -0.39 is 0 Å². The molecule has 0 saturated carbocycles. The van der Waals surface area contributed by atoms with E-state index in [2.05, 4.69) is 35.9 Å². The normalized spacial score (nSPS) is 10.4. The second kappa shape index (κ2) is 6.37. The summed E-state index contributed by atoms with van der Waals surface area (Å²) < 4.78 is 5.82. The third kappa shape index (κ3) is 3.70. The maximum Gasteiger partial charge on any atom is 0.131 e. The molecule has 0 fully saturated rings. The minimum atomic E-state index is 0.619. The first-order valence-electron chi connectivity index (χ1n) is 6.74. The predicted molar refractivity (Wildman–Crippen MR) is 81.5 cm³/mol. The van der Waals surface area contributed by atoms with Crippen molar-refractivity contribution in [3.8, 4) is 5.75 Å². The van der Waals surface area contributed by atoms with E-state index in [1.54, 1.807) is 6.33 Å². The molecule has 0 atom stereocenters. The molecule has 2 rings (SSSR count). The fraction of sp³-hybridized carbons (Fsp3) is 0.375. The first-order chi connectivity index (χ1) is 9.56. The van der Waals surface area contributed by atoms with Gasteiger partial charge in [0.1, 0.15) is 17.9 Å². The largest absolute Gasteiger partial charge is 0.493 e. The van der Waals surface area contributed by atoms with Crippen molar-refractivity contribution in [2.45, 2.75) is 20.3 Å². The molecule has 0 amide bonds. The minimum absolute atomic E-state index is 0.619. The summed E-state index contributed by atoms with van der Waals surface area (Å²) in [4.78, 5) is 10.4. The van der Waals surface area contributed by atoms with Crippen LogP contribution in [0.25, 0.3) is 0 Å². The molecular formula is C16H21N3O. The van der Waals surface area contributed by atoms with Crippen molar-refractivity contribution in [3.63, 3.8) is 0 Å². The molecule has 0 bridgehead atoms. The van der Waals surface area contributed by atoms with Gasteiger partial charge in [0, 0.05) is 32.3 Å². The molecule has 0 aliphatic rings. The van der Waals surface area contributed by atoms with Crippen LogP contribution in [0.3, 0.4) is 0 Å². The molecule has 4 nitrogen and oxygen atoms in total. The van der Waals surface area contributed by atoms with Gasteiger partial charge in [0.05, 0.1) is 6.61 Å². The number of hydrogen-bond acceptors (Lipinski definition) is 4. The van der Waals surface area contributed by atoms with Crippen molar-refractivity contribution < 1.29 is 4.74 Å². The van der Waals surface area contributed by atoms with Crippen LogP contribution in [0.2, 0.25) is 0 Å². The second-order valence-electron chi connectivity index (χ2n) is 5.13. The van der Waals surface area contributed by atoms with E-state index in [4.69, 9.17) is 4.74 Å². The number of aromatic nitrogens is 2. The second-order valence-corrected chi connectivity index (χ2v) is 5.13. The Morgan fingerprint density at radius 2 is 1.90 bits per heavy atom. The van der Waals surface area contributed by atoms with Crippen molar-refractivity contribution in [1.29, 1.82) is 0 Å². The number of ether oxygens (including phenoxy) is 1. The lowest BCUT2D eigenvalue weighted by Crippen LogP contribution is -2.12. The van der Waals surface area contributed by atoms with Gasteiger partial charge in [-0.2, -0.15) is 0 Å². The lowest BCUT2D eigenvalue weighted by atomic mass is 10.1. The van der Waals surface area contributed by atoms with Gasteiger partial charge in [-0.25, -0.2) is 9.97 Å². The van der Waals surface area contributed by atoms with E-state index in [1.807, 2.05) is 31.1 Å². The Morgan fingerprint density at radius 3 is 2.60 bits per heavy atom. The smallest absolute Gasteiger partial charge is 0.131 e. The maximum absolute atomic E-state index is 5.82. The Kier molecular flexibility index (Phi) is 4.56. The van der Waals surface area contributed by atoms with Crippen molar-refractivity contribution in [2.75, 3.05) is 25.6 Å². The molecule has 0 spiro atoms. The van der Waals surface area contributed by atoms with Gasteiger partial charge in [-0.1, -0.05) is 17.7 Å². The topological polar surface area (TPSA) is 38.2 Å². The number of anilines is 1. The highest BCUT2D eigenvalue weighted by molar-refractivity contribution is 5.37. The Balaban J connectivity index is 1.94.